The van der Waals surface area contributed by atoms with Gasteiger partial charge in [-0.05, 0) is 59.1 Å². The van der Waals surface area contributed by atoms with E-state index in [0.29, 0.717) is 29.0 Å². The maximum absolute atomic E-state index is 13.1. The van der Waals surface area contributed by atoms with E-state index in [1.54, 1.807) is 31.2 Å². The molecule has 0 spiro atoms. The summed E-state index contributed by atoms with van der Waals surface area (Å²) in [7, 11) is 0. The Morgan fingerprint density at radius 1 is 1.36 bits per heavy atom. The normalized spacial score (nSPS) is 10.3. The second-order valence-corrected chi connectivity index (χ2v) is 5.43. The first kappa shape index (κ1) is 16.4. The Kier molecular flexibility index (Phi) is 5.89. The van der Waals surface area contributed by atoms with E-state index in [1.165, 1.54) is 12.3 Å². The van der Waals surface area contributed by atoms with Crippen LogP contribution in [0.5, 0.6) is 0 Å². The van der Waals surface area contributed by atoms with E-state index >= 15 is 0 Å². The molecule has 2 aromatic rings. The molecule has 0 aliphatic rings. The molecule has 0 unspecified atom stereocenters. The Morgan fingerprint density at radius 3 is 2.82 bits per heavy atom. The highest BCUT2D eigenvalue weighted by Crippen LogP contribution is 2.17. The summed E-state index contributed by atoms with van der Waals surface area (Å²) in [6.07, 6.45) is 2.22. The average Bonchev–Trinajstić information content (AvgIpc) is 2.52. The molecule has 6 heteroatoms. The van der Waals surface area contributed by atoms with Gasteiger partial charge < -0.3 is 10.1 Å². The molecule has 1 heterocycles. The number of benzene rings is 1. The molecule has 0 aliphatic carbocycles. The summed E-state index contributed by atoms with van der Waals surface area (Å²) >= 11 is 3.17. The summed E-state index contributed by atoms with van der Waals surface area (Å²) in [4.78, 5) is 15.7. The predicted molar refractivity (Wildman–Crippen MR) is 86.5 cm³/mol. The van der Waals surface area contributed by atoms with Crippen molar-refractivity contribution in [1.29, 1.82) is 0 Å². The zero-order valence-electron chi connectivity index (χ0n) is 12.1. The van der Waals surface area contributed by atoms with Gasteiger partial charge in [0.05, 0.1) is 16.6 Å². The SMILES string of the molecule is CCOC(=O)c1ccc(NCCc2ccc(F)c(Br)c2)nc1. The number of hydrogen-bond acceptors (Lipinski definition) is 4. The summed E-state index contributed by atoms with van der Waals surface area (Å²) in [5.41, 5.74) is 1.44. The first-order valence-corrected chi connectivity index (χ1v) is 7.70. The number of hydrogen-bond donors (Lipinski definition) is 1. The van der Waals surface area contributed by atoms with Gasteiger partial charge in [-0.15, -0.1) is 0 Å². The van der Waals surface area contributed by atoms with Crippen molar-refractivity contribution in [2.24, 2.45) is 0 Å². The summed E-state index contributed by atoms with van der Waals surface area (Å²) in [6.45, 7) is 2.75. The van der Waals surface area contributed by atoms with Crippen LogP contribution in [0.3, 0.4) is 0 Å². The lowest BCUT2D eigenvalue weighted by atomic mass is 10.1. The molecular formula is C16H16BrFN2O2. The topological polar surface area (TPSA) is 51.2 Å². The predicted octanol–water partition coefficient (Wildman–Crippen LogP) is 3.81. The van der Waals surface area contributed by atoms with Crippen LogP contribution < -0.4 is 5.32 Å². The number of carbonyl (C=O) groups is 1. The van der Waals surface area contributed by atoms with Crippen LogP contribution in [0.15, 0.2) is 41.0 Å². The quantitative estimate of drug-likeness (QED) is 0.789. The molecule has 4 nitrogen and oxygen atoms in total. The number of nitrogens with one attached hydrogen (secondary N) is 1. The van der Waals surface area contributed by atoms with Crippen LogP contribution >= 0.6 is 15.9 Å². The summed E-state index contributed by atoms with van der Waals surface area (Å²) in [5.74, 6) is 0.0277. The first-order chi connectivity index (χ1) is 10.6. The van der Waals surface area contributed by atoms with Crippen LogP contribution in [0.1, 0.15) is 22.8 Å². The van der Waals surface area contributed by atoms with Crippen molar-refractivity contribution >= 4 is 27.7 Å². The van der Waals surface area contributed by atoms with Crippen LogP contribution in [-0.4, -0.2) is 24.1 Å². The summed E-state index contributed by atoms with van der Waals surface area (Å²) < 4.78 is 18.5. The second kappa shape index (κ2) is 7.89. The van der Waals surface area contributed by atoms with E-state index in [-0.39, 0.29) is 11.8 Å². The molecular weight excluding hydrogens is 351 g/mol. The molecule has 1 N–H and O–H groups in total. The molecule has 0 atom stereocenters. The number of rotatable bonds is 6. The summed E-state index contributed by atoms with van der Waals surface area (Å²) in [5, 5.41) is 3.15. The van der Waals surface area contributed by atoms with Gasteiger partial charge in [-0.25, -0.2) is 14.2 Å². The zero-order chi connectivity index (χ0) is 15.9. The monoisotopic (exact) mass is 366 g/mol. The molecule has 22 heavy (non-hydrogen) atoms. The standard InChI is InChI=1S/C16H16BrFN2O2/c1-2-22-16(21)12-4-6-15(20-10-12)19-8-7-11-3-5-14(18)13(17)9-11/h3-6,9-10H,2,7-8H2,1H3,(H,19,20). The third-order valence-corrected chi connectivity index (χ3v) is 3.59. The van der Waals surface area contributed by atoms with Crippen LogP contribution in [-0.2, 0) is 11.2 Å². The minimum absolute atomic E-state index is 0.270. The highest BCUT2D eigenvalue weighted by atomic mass is 79.9. The number of halogens is 2. The number of esters is 1. The van der Waals surface area contributed by atoms with Crippen LogP contribution in [0.2, 0.25) is 0 Å². The minimum Gasteiger partial charge on any atom is -0.462 e. The number of nitrogens with zero attached hydrogens (tertiary/aromatic N) is 1. The van der Waals surface area contributed by atoms with Gasteiger partial charge in [0.25, 0.3) is 0 Å². The third kappa shape index (κ3) is 4.53. The van der Waals surface area contributed by atoms with E-state index in [1.807, 2.05) is 0 Å². The van der Waals surface area contributed by atoms with Crippen molar-refractivity contribution in [3.05, 3.63) is 57.9 Å². The third-order valence-electron chi connectivity index (χ3n) is 2.98. The van der Waals surface area contributed by atoms with Gasteiger partial charge >= 0.3 is 5.97 Å². The van der Waals surface area contributed by atoms with Crippen molar-refractivity contribution in [2.45, 2.75) is 13.3 Å². The lowest BCUT2D eigenvalue weighted by Gasteiger charge is -2.07. The number of ether oxygens (including phenoxy) is 1. The molecule has 0 radical (unpaired) electrons. The Labute approximate surface area is 136 Å². The van der Waals surface area contributed by atoms with Gasteiger partial charge in [-0.3, -0.25) is 0 Å². The second-order valence-electron chi connectivity index (χ2n) is 4.58. The van der Waals surface area contributed by atoms with Gasteiger partial charge in [0, 0.05) is 12.7 Å². The smallest absolute Gasteiger partial charge is 0.339 e. The highest BCUT2D eigenvalue weighted by molar-refractivity contribution is 9.10. The zero-order valence-corrected chi connectivity index (χ0v) is 13.7. The maximum atomic E-state index is 13.1. The van der Waals surface area contributed by atoms with E-state index in [0.717, 1.165) is 12.0 Å². The highest BCUT2D eigenvalue weighted by Gasteiger charge is 2.06. The van der Waals surface area contributed by atoms with Crippen LogP contribution in [0, 0.1) is 5.82 Å². The van der Waals surface area contributed by atoms with E-state index < -0.39 is 0 Å². The fraction of sp³-hybridized carbons (Fsp3) is 0.250. The van der Waals surface area contributed by atoms with Crippen molar-refractivity contribution in [3.8, 4) is 0 Å². The molecule has 0 amide bonds. The van der Waals surface area contributed by atoms with Crippen molar-refractivity contribution in [2.75, 3.05) is 18.5 Å². The first-order valence-electron chi connectivity index (χ1n) is 6.91. The Bertz CT molecular complexity index is 647. The number of aromatic nitrogens is 1. The summed E-state index contributed by atoms with van der Waals surface area (Å²) in [6, 6.07) is 8.34. The number of carbonyl (C=O) groups excluding carboxylic acids is 1. The molecule has 2 rings (SSSR count). The number of pyridine rings is 1. The van der Waals surface area contributed by atoms with Gasteiger partial charge in [0.1, 0.15) is 11.6 Å². The van der Waals surface area contributed by atoms with Crippen LogP contribution in [0.25, 0.3) is 0 Å². The van der Waals surface area contributed by atoms with Gasteiger partial charge in [0.15, 0.2) is 0 Å². The maximum Gasteiger partial charge on any atom is 0.339 e. The number of anilines is 1. The average molecular weight is 367 g/mol. The largest absolute Gasteiger partial charge is 0.462 e. The Balaban J connectivity index is 1.86. The molecule has 0 saturated carbocycles. The minimum atomic E-state index is -0.377. The van der Waals surface area contributed by atoms with Crippen LogP contribution in [0.4, 0.5) is 10.2 Å². The molecule has 1 aromatic heterocycles. The fourth-order valence-electron chi connectivity index (χ4n) is 1.86. The molecule has 0 bridgehead atoms. The lowest BCUT2D eigenvalue weighted by molar-refractivity contribution is 0.0526. The van der Waals surface area contributed by atoms with Crippen molar-refractivity contribution < 1.29 is 13.9 Å². The van der Waals surface area contributed by atoms with Gasteiger partial charge in [-0.2, -0.15) is 0 Å². The van der Waals surface area contributed by atoms with E-state index in [9.17, 15) is 9.18 Å². The van der Waals surface area contributed by atoms with E-state index in [2.05, 4.69) is 26.2 Å². The van der Waals surface area contributed by atoms with E-state index in [4.69, 9.17) is 4.74 Å². The Hall–Kier alpha value is -1.95. The lowest BCUT2D eigenvalue weighted by Crippen LogP contribution is -2.08. The molecule has 0 fully saturated rings. The van der Waals surface area contributed by atoms with Gasteiger partial charge in [0.2, 0.25) is 0 Å². The molecule has 116 valence electrons. The molecule has 0 saturated heterocycles. The molecule has 0 aliphatic heterocycles. The van der Waals surface area contributed by atoms with Crippen molar-refractivity contribution in [1.82, 2.24) is 4.98 Å². The Morgan fingerprint density at radius 2 is 2.18 bits per heavy atom. The fourth-order valence-corrected chi connectivity index (χ4v) is 2.29. The van der Waals surface area contributed by atoms with Crippen molar-refractivity contribution in [3.63, 3.8) is 0 Å². The van der Waals surface area contributed by atoms with Gasteiger partial charge in [-0.1, -0.05) is 6.07 Å². The molecule has 1 aromatic carbocycles.